The second-order valence-corrected chi connectivity index (χ2v) is 12.1. The van der Waals surface area contributed by atoms with Crippen molar-refractivity contribution in [2.24, 2.45) is 15.5 Å². The molecule has 13 heteroatoms. The van der Waals surface area contributed by atoms with E-state index in [-0.39, 0.29) is 40.5 Å². The van der Waals surface area contributed by atoms with Crippen LogP contribution in [0.15, 0.2) is 87.8 Å². The van der Waals surface area contributed by atoms with Gasteiger partial charge < -0.3 is 14.8 Å². The third-order valence-electron chi connectivity index (χ3n) is 6.32. The number of hydrogen-bond donors (Lipinski definition) is 1. The van der Waals surface area contributed by atoms with Crippen LogP contribution in [-0.4, -0.2) is 59.3 Å². The zero-order chi connectivity index (χ0) is 29.5. The van der Waals surface area contributed by atoms with Gasteiger partial charge in [-0.25, -0.2) is 18.4 Å². The molecule has 42 heavy (non-hydrogen) atoms. The van der Waals surface area contributed by atoms with Crippen molar-refractivity contribution in [2.75, 3.05) is 24.3 Å². The smallest absolute Gasteiger partial charge is 0.744 e. The molecule has 210 valence electrons. The molecule has 1 aromatic heterocycles. The summed E-state index contributed by atoms with van der Waals surface area (Å²) in [6.07, 6.45) is 0. The van der Waals surface area contributed by atoms with Crippen LogP contribution in [0.5, 0.6) is 0 Å². The first kappa shape index (κ1) is 31.3. The van der Waals surface area contributed by atoms with Crippen LogP contribution in [0, 0.1) is 5.41 Å². The molecule has 0 unspecified atom stereocenters. The summed E-state index contributed by atoms with van der Waals surface area (Å²) < 4.78 is 33.9. The molecule has 0 radical (unpaired) electrons. The van der Waals surface area contributed by atoms with Gasteiger partial charge in [0, 0.05) is 42.0 Å². The Morgan fingerprint density at radius 2 is 1.67 bits per heavy atom. The van der Waals surface area contributed by atoms with Crippen molar-refractivity contribution in [3.05, 3.63) is 84.2 Å². The number of fused-ring (bicyclic) bond motifs is 1. The average Bonchev–Trinajstić information content (AvgIpc) is 3.48. The van der Waals surface area contributed by atoms with Crippen molar-refractivity contribution in [1.29, 1.82) is 0 Å². The minimum absolute atomic E-state index is 0. The Bertz CT molecular complexity index is 1810. The molecular weight excluding hydrogens is 565 g/mol. The monoisotopic (exact) mass is 593 g/mol. The van der Waals surface area contributed by atoms with E-state index in [1.807, 2.05) is 43.3 Å². The van der Waals surface area contributed by atoms with Crippen molar-refractivity contribution in [3.63, 3.8) is 0 Å². The van der Waals surface area contributed by atoms with Gasteiger partial charge in [0.15, 0.2) is 5.82 Å². The molecule has 4 aromatic rings. The van der Waals surface area contributed by atoms with Gasteiger partial charge in [0.2, 0.25) is 5.82 Å². The molecule has 0 atom stereocenters. The number of aliphatic imine (C=N–C) groups is 1. The fourth-order valence-electron chi connectivity index (χ4n) is 4.15. The van der Waals surface area contributed by atoms with Crippen LogP contribution in [0.1, 0.15) is 37.0 Å². The molecule has 3 aromatic carbocycles. The van der Waals surface area contributed by atoms with Crippen molar-refractivity contribution < 1.29 is 47.3 Å². The number of anilines is 2. The van der Waals surface area contributed by atoms with Crippen molar-refractivity contribution in [3.8, 4) is 11.4 Å². The number of nitrogens with zero attached hydrogens (tertiary/aromatic N) is 6. The minimum Gasteiger partial charge on any atom is -0.744 e. The summed E-state index contributed by atoms with van der Waals surface area (Å²) in [5, 5.41) is 12.0. The van der Waals surface area contributed by atoms with E-state index in [1.54, 1.807) is 24.3 Å². The first-order valence-electron chi connectivity index (χ1n) is 12.7. The summed E-state index contributed by atoms with van der Waals surface area (Å²) in [6, 6.07) is 19.7. The van der Waals surface area contributed by atoms with Gasteiger partial charge in [-0.05, 0) is 66.7 Å². The Balaban J connectivity index is 0.00000405. The van der Waals surface area contributed by atoms with Gasteiger partial charge in [0.1, 0.15) is 15.8 Å². The molecule has 1 aliphatic heterocycles. The van der Waals surface area contributed by atoms with E-state index < -0.39 is 20.9 Å². The maximum Gasteiger partial charge on any atom is 1.00 e. The molecule has 1 amide bonds. The molecule has 0 fully saturated rings. The molecule has 11 nitrogen and oxygen atoms in total. The largest absolute Gasteiger partial charge is 1.00 e. The van der Waals surface area contributed by atoms with Gasteiger partial charge in [0.25, 0.3) is 5.91 Å². The van der Waals surface area contributed by atoms with Crippen LogP contribution in [-0.2, 0) is 10.1 Å². The first-order valence-corrected chi connectivity index (χ1v) is 14.1. The van der Waals surface area contributed by atoms with Gasteiger partial charge in [-0.3, -0.25) is 4.79 Å². The average molecular weight is 594 g/mol. The van der Waals surface area contributed by atoms with Crippen molar-refractivity contribution >= 4 is 44.5 Å². The topological polar surface area (TPSA) is 145 Å². The van der Waals surface area contributed by atoms with E-state index in [1.165, 1.54) is 16.9 Å². The predicted molar refractivity (Wildman–Crippen MR) is 157 cm³/mol. The van der Waals surface area contributed by atoms with Gasteiger partial charge >= 0.3 is 29.6 Å². The second kappa shape index (κ2) is 11.9. The van der Waals surface area contributed by atoms with Crippen molar-refractivity contribution in [1.82, 2.24) is 14.9 Å². The van der Waals surface area contributed by atoms with Crippen LogP contribution in [0.25, 0.3) is 11.4 Å². The zero-order valence-corrected chi connectivity index (χ0v) is 27.0. The number of nitrogens with one attached hydrogen (secondary N) is 1. The van der Waals surface area contributed by atoms with Gasteiger partial charge in [-0.2, -0.15) is 5.10 Å². The van der Waals surface area contributed by atoms with E-state index in [4.69, 9.17) is 15.1 Å². The van der Waals surface area contributed by atoms with Crippen LogP contribution >= 0.6 is 0 Å². The number of hydrogen-bond acceptors (Lipinski definition) is 9. The fraction of sp³-hybridized carbons (Fsp3) is 0.207. The van der Waals surface area contributed by atoms with Crippen LogP contribution in [0.2, 0.25) is 0 Å². The molecule has 0 saturated carbocycles. The molecule has 1 aliphatic rings. The van der Waals surface area contributed by atoms with E-state index in [0.29, 0.717) is 28.6 Å². The Hall–Kier alpha value is -3.68. The molecular formula is C29H28N7NaO4S. The third kappa shape index (κ3) is 6.69. The number of carbonyl (C=O) groups excluding carboxylic acids is 1. The summed E-state index contributed by atoms with van der Waals surface area (Å²) in [5.41, 5.74) is 4.21. The second-order valence-electron chi connectivity index (χ2n) is 10.7. The van der Waals surface area contributed by atoms with Gasteiger partial charge in [0.05, 0.1) is 16.3 Å². The molecule has 0 spiro atoms. The van der Waals surface area contributed by atoms with Gasteiger partial charge in [-0.1, -0.05) is 26.8 Å². The summed E-state index contributed by atoms with van der Waals surface area (Å²) in [7, 11) is -0.706. The zero-order valence-electron chi connectivity index (χ0n) is 24.2. The van der Waals surface area contributed by atoms with Crippen LogP contribution in [0.4, 0.5) is 17.1 Å². The fourth-order valence-corrected chi connectivity index (χ4v) is 4.67. The molecule has 0 saturated heterocycles. The summed E-state index contributed by atoms with van der Waals surface area (Å²) >= 11 is 0. The maximum absolute atomic E-state index is 12.6. The minimum atomic E-state index is -4.67. The van der Waals surface area contributed by atoms with Crippen LogP contribution in [0.3, 0.4) is 0 Å². The van der Waals surface area contributed by atoms with Gasteiger partial charge in [-0.15, -0.1) is 9.89 Å². The Kier molecular flexibility index (Phi) is 8.86. The molecule has 1 N–H and O–H groups in total. The van der Waals surface area contributed by atoms with E-state index >= 15 is 0 Å². The third-order valence-corrected chi connectivity index (χ3v) is 7.16. The molecule has 5 rings (SSSR count). The Morgan fingerprint density at radius 3 is 2.26 bits per heavy atom. The maximum atomic E-state index is 12.6. The summed E-state index contributed by atoms with van der Waals surface area (Å²) in [5.74, 6) is 0.427. The van der Waals surface area contributed by atoms with E-state index in [0.717, 1.165) is 29.2 Å². The number of carbonyl (C=O) groups is 1. The number of benzene rings is 3. The number of rotatable bonds is 6. The first-order chi connectivity index (χ1) is 19.3. The normalized spacial score (nSPS) is 13.8. The molecule has 2 heterocycles. The SMILES string of the molecule is CN(C)c1ccc(N=C2C(C(C)(C)C)=Nn3nc(-c4ccc(NC(=O)c5cccc(S(=O)(=O)[O-])c5)cc4)nc32)cc1.[Na+]. The predicted octanol–water partition coefficient (Wildman–Crippen LogP) is 1.56. The Labute approximate surface area is 266 Å². The van der Waals surface area contributed by atoms with E-state index in [2.05, 4.69) is 31.2 Å². The van der Waals surface area contributed by atoms with Crippen LogP contribution < -0.4 is 39.8 Å². The summed E-state index contributed by atoms with van der Waals surface area (Å²) in [4.78, 5) is 25.3. The quantitative estimate of drug-likeness (QED) is 0.264. The molecule has 0 aliphatic carbocycles. The molecule has 0 bridgehead atoms. The summed E-state index contributed by atoms with van der Waals surface area (Å²) in [6.45, 7) is 6.19. The standard InChI is InChI=1S/C29H29N7O4S.Na/c1-29(2,3)25-24(30-20-13-15-22(16-14-20)35(4)5)27-32-26(34-36(27)33-25)18-9-11-21(12-10-18)31-28(37)19-7-6-8-23(17-19)41(38,39)40;/h6-17H,1-5H3,(H,31,37)(H,38,39,40);/q;+1/p-1. The van der Waals surface area contributed by atoms with Crippen molar-refractivity contribution in [2.45, 2.75) is 25.7 Å². The van der Waals surface area contributed by atoms with E-state index in [9.17, 15) is 17.8 Å². The Morgan fingerprint density at radius 1 is 1.00 bits per heavy atom. The number of amides is 1. The number of aromatic nitrogens is 3.